The maximum absolute atomic E-state index is 12.3. The zero-order valence-corrected chi connectivity index (χ0v) is 12.8. The van der Waals surface area contributed by atoms with E-state index in [-0.39, 0.29) is 12.3 Å². The highest BCUT2D eigenvalue weighted by molar-refractivity contribution is 5.84. The normalized spacial score (nSPS) is 15.5. The van der Waals surface area contributed by atoms with Crippen molar-refractivity contribution in [3.05, 3.63) is 30.1 Å². The highest BCUT2D eigenvalue weighted by Crippen LogP contribution is 2.38. The van der Waals surface area contributed by atoms with Crippen molar-refractivity contribution in [2.45, 2.75) is 37.4 Å². The third kappa shape index (κ3) is 4.13. The second kappa shape index (κ2) is 7.01. The molecule has 0 saturated carbocycles. The van der Waals surface area contributed by atoms with Crippen LogP contribution in [0.5, 0.6) is 0 Å². The molecule has 120 valence electrons. The Morgan fingerprint density at radius 2 is 2.17 bits per heavy atom. The van der Waals surface area contributed by atoms with E-state index in [1.807, 2.05) is 0 Å². The molecule has 23 heavy (non-hydrogen) atoms. The number of aliphatic carboxylic acids is 1. The molecule has 1 unspecified atom stereocenters. The molecular weight excluding hydrogens is 296 g/mol. The van der Waals surface area contributed by atoms with Crippen molar-refractivity contribution in [3.8, 4) is 12.3 Å². The Morgan fingerprint density at radius 1 is 1.43 bits per heavy atom. The van der Waals surface area contributed by atoms with Gasteiger partial charge in [-0.3, -0.25) is 9.78 Å². The van der Waals surface area contributed by atoms with Gasteiger partial charge >= 0.3 is 5.97 Å². The molecule has 2 heterocycles. The second-order valence-corrected chi connectivity index (χ2v) is 5.42. The van der Waals surface area contributed by atoms with E-state index in [0.29, 0.717) is 24.8 Å². The minimum Gasteiger partial charge on any atom is -0.479 e. The summed E-state index contributed by atoms with van der Waals surface area (Å²) in [6, 6.07) is 2.21. The van der Waals surface area contributed by atoms with E-state index in [9.17, 15) is 14.7 Å². The van der Waals surface area contributed by atoms with Gasteiger partial charge in [-0.1, -0.05) is 6.07 Å². The van der Waals surface area contributed by atoms with Gasteiger partial charge in [0.2, 0.25) is 5.91 Å². The van der Waals surface area contributed by atoms with Gasteiger partial charge in [0.05, 0.1) is 0 Å². The average molecular weight is 314 g/mol. The van der Waals surface area contributed by atoms with E-state index in [1.54, 1.807) is 18.3 Å². The number of aromatic nitrogens is 1. The average Bonchev–Trinajstić information content (AvgIpc) is 3.32. The third-order valence-electron chi connectivity index (χ3n) is 3.81. The van der Waals surface area contributed by atoms with Crippen LogP contribution in [0.2, 0.25) is 0 Å². The Kier molecular flexibility index (Phi) is 5.06. The Labute approximate surface area is 134 Å². The number of hydrogen-bond acceptors (Lipinski definition) is 5. The van der Waals surface area contributed by atoms with E-state index >= 15 is 0 Å². The van der Waals surface area contributed by atoms with Crippen LogP contribution in [0.4, 0.5) is 0 Å². The van der Waals surface area contributed by atoms with Crippen LogP contribution in [-0.2, 0) is 9.59 Å². The fourth-order valence-corrected chi connectivity index (χ4v) is 2.37. The zero-order chi connectivity index (χ0) is 16.9. The summed E-state index contributed by atoms with van der Waals surface area (Å²) in [5.41, 5.74) is -0.0886. The van der Waals surface area contributed by atoms with Gasteiger partial charge in [0.15, 0.2) is 11.7 Å². The minimum absolute atomic E-state index is 0.165. The molecule has 2 rings (SSSR count). The summed E-state index contributed by atoms with van der Waals surface area (Å²) >= 11 is 0. The third-order valence-corrected chi connectivity index (χ3v) is 3.81. The summed E-state index contributed by atoms with van der Waals surface area (Å²) in [5, 5.41) is 17.4. The van der Waals surface area contributed by atoms with Crippen molar-refractivity contribution < 1.29 is 14.7 Å². The molecule has 0 aromatic carbocycles. The first-order valence-electron chi connectivity index (χ1n) is 7.25. The predicted molar refractivity (Wildman–Crippen MR) is 82.3 cm³/mol. The molecule has 1 N–H and O–H groups in total. The molecule has 0 fully saturated rings. The van der Waals surface area contributed by atoms with Crippen molar-refractivity contribution in [3.63, 3.8) is 0 Å². The lowest BCUT2D eigenvalue weighted by Gasteiger charge is -2.25. The SMILES string of the molecule is C#CCCC1(CCC(=O)N(C)C(C(=O)O)c2cccnc2)N=N1. The number of hydrogen-bond donors (Lipinski definition) is 1. The smallest absolute Gasteiger partial charge is 0.331 e. The van der Waals surface area contributed by atoms with E-state index in [0.717, 1.165) is 0 Å². The number of carbonyl (C=O) groups is 2. The molecule has 1 aliphatic rings. The Hall–Kier alpha value is -2.75. The number of carboxylic acid groups (broad SMARTS) is 1. The largest absolute Gasteiger partial charge is 0.479 e. The van der Waals surface area contributed by atoms with Gasteiger partial charge in [0.25, 0.3) is 0 Å². The Morgan fingerprint density at radius 3 is 2.70 bits per heavy atom. The van der Waals surface area contributed by atoms with Crippen molar-refractivity contribution in [1.29, 1.82) is 0 Å². The zero-order valence-electron chi connectivity index (χ0n) is 12.8. The fourth-order valence-electron chi connectivity index (χ4n) is 2.37. The van der Waals surface area contributed by atoms with Gasteiger partial charge in [-0.05, 0) is 6.07 Å². The fraction of sp³-hybridized carbons (Fsp3) is 0.438. The molecule has 0 aliphatic carbocycles. The summed E-state index contributed by atoms with van der Waals surface area (Å²) in [6.07, 6.45) is 9.99. The van der Waals surface area contributed by atoms with Gasteiger partial charge in [0, 0.05) is 50.7 Å². The predicted octanol–water partition coefficient (Wildman–Crippen LogP) is 2.02. The summed E-state index contributed by atoms with van der Waals surface area (Å²) < 4.78 is 0. The van der Waals surface area contributed by atoms with E-state index in [4.69, 9.17) is 6.42 Å². The molecule has 0 radical (unpaired) electrons. The molecule has 1 atom stereocenters. The molecule has 7 nitrogen and oxygen atoms in total. The minimum atomic E-state index is -1.10. The van der Waals surface area contributed by atoms with Crippen LogP contribution in [-0.4, -0.2) is 39.6 Å². The molecule has 1 aromatic heterocycles. The monoisotopic (exact) mass is 314 g/mol. The molecular formula is C16H18N4O3. The summed E-state index contributed by atoms with van der Waals surface area (Å²) in [6.45, 7) is 0. The Bertz CT molecular complexity index is 645. The number of amides is 1. The first-order valence-corrected chi connectivity index (χ1v) is 7.25. The molecule has 0 saturated heterocycles. The van der Waals surface area contributed by atoms with Crippen LogP contribution >= 0.6 is 0 Å². The Balaban J connectivity index is 1.98. The molecule has 1 aliphatic heterocycles. The van der Waals surface area contributed by atoms with Crippen LogP contribution in [0.25, 0.3) is 0 Å². The summed E-state index contributed by atoms with van der Waals surface area (Å²) in [4.78, 5) is 29.0. The van der Waals surface area contributed by atoms with Crippen LogP contribution in [0, 0.1) is 12.3 Å². The summed E-state index contributed by atoms with van der Waals surface area (Å²) in [7, 11) is 1.48. The topological polar surface area (TPSA) is 95.2 Å². The lowest BCUT2D eigenvalue weighted by molar-refractivity contribution is -0.149. The maximum atomic E-state index is 12.3. The number of carbonyl (C=O) groups excluding carboxylic acids is 1. The molecule has 7 heteroatoms. The van der Waals surface area contributed by atoms with Crippen LogP contribution < -0.4 is 0 Å². The number of carboxylic acids is 1. The number of pyridine rings is 1. The lowest BCUT2D eigenvalue weighted by atomic mass is 10.0. The van der Waals surface area contributed by atoms with Gasteiger partial charge in [-0.25, -0.2) is 4.79 Å². The van der Waals surface area contributed by atoms with Crippen molar-refractivity contribution in [2.24, 2.45) is 10.2 Å². The number of terminal acetylenes is 1. The second-order valence-electron chi connectivity index (χ2n) is 5.42. The highest BCUT2D eigenvalue weighted by atomic mass is 16.4. The van der Waals surface area contributed by atoms with E-state index < -0.39 is 17.7 Å². The molecule has 1 amide bonds. The number of likely N-dealkylation sites (N-methyl/N-ethyl adjacent to an activating group) is 1. The van der Waals surface area contributed by atoms with Crippen LogP contribution in [0.15, 0.2) is 34.8 Å². The van der Waals surface area contributed by atoms with E-state index in [2.05, 4.69) is 21.1 Å². The first kappa shape index (κ1) is 16.6. The van der Waals surface area contributed by atoms with Gasteiger partial charge < -0.3 is 10.0 Å². The number of rotatable bonds is 8. The van der Waals surface area contributed by atoms with Crippen molar-refractivity contribution in [1.82, 2.24) is 9.88 Å². The molecule has 1 aromatic rings. The molecule has 0 bridgehead atoms. The quantitative estimate of drug-likeness (QED) is 0.743. The van der Waals surface area contributed by atoms with Gasteiger partial charge in [-0.15, -0.1) is 12.3 Å². The van der Waals surface area contributed by atoms with Gasteiger partial charge in [0.1, 0.15) is 0 Å². The maximum Gasteiger partial charge on any atom is 0.331 e. The van der Waals surface area contributed by atoms with Crippen molar-refractivity contribution in [2.75, 3.05) is 7.05 Å². The number of nitrogens with zero attached hydrogens (tertiary/aromatic N) is 4. The molecule has 0 spiro atoms. The van der Waals surface area contributed by atoms with Gasteiger partial charge in [-0.2, -0.15) is 10.2 Å². The summed E-state index contributed by atoms with van der Waals surface area (Å²) in [5.74, 6) is 1.15. The van der Waals surface area contributed by atoms with Crippen molar-refractivity contribution >= 4 is 11.9 Å². The highest BCUT2D eigenvalue weighted by Gasteiger charge is 2.40. The van der Waals surface area contributed by atoms with Crippen LogP contribution in [0.1, 0.15) is 37.3 Å². The lowest BCUT2D eigenvalue weighted by Crippen LogP contribution is -2.36. The first-order chi connectivity index (χ1) is 11.0. The standard InChI is InChI=1S/C16H18N4O3/c1-3-4-8-16(18-19-16)9-7-13(21)20(2)14(15(22)23)12-6-5-10-17-11-12/h1,5-6,10-11,14H,4,7-9H2,2H3,(H,22,23). The van der Waals surface area contributed by atoms with E-state index in [1.165, 1.54) is 18.1 Å². The van der Waals surface area contributed by atoms with Crippen LogP contribution in [0.3, 0.4) is 0 Å².